The Morgan fingerprint density at radius 1 is 1.03 bits per heavy atom. The number of amides is 2. The fourth-order valence-corrected chi connectivity index (χ4v) is 5.14. The number of fused-ring (bicyclic) bond motifs is 3. The number of carboxylic acids is 1. The number of rotatable bonds is 8. The smallest absolute Gasteiger partial charge is 0.408 e. The summed E-state index contributed by atoms with van der Waals surface area (Å²) < 4.78 is 5.63. The van der Waals surface area contributed by atoms with Crippen molar-refractivity contribution in [1.82, 2.24) is 10.6 Å². The molecule has 2 aromatic carbocycles. The van der Waals surface area contributed by atoms with Crippen LogP contribution in [0.3, 0.4) is 0 Å². The van der Waals surface area contributed by atoms with Crippen molar-refractivity contribution in [2.45, 2.75) is 57.9 Å². The number of carboxylic acid groups (broad SMARTS) is 1. The number of nitrogens with one attached hydrogen (secondary N) is 2. The molecule has 0 radical (unpaired) electrons. The van der Waals surface area contributed by atoms with Gasteiger partial charge in [0.05, 0.1) is 5.92 Å². The second-order valence-electron chi connectivity index (χ2n) is 10.9. The number of carbonyl (C=O) groups is 3. The molecule has 0 bridgehead atoms. The summed E-state index contributed by atoms with van der Waals surface area (Å²) in [5, 5.41) is 15.1. The number of carbonyl (C=O) groups excluding carboxylic acids is 2. The molecule has 0 aromatic heterocycles. The maximum Gasteiger partial charge on any atom is 0.408 e. The predicted octanol–water partition coefficient (Wildman–Crippen LogP) is 4.70. The van der Waals surface area contributed by atoms with E-state index in [4.69, 9.17) is 4.74 Å². The molecule has 7 heteroatoms. The van der Waals surface area contributed by atoms with Gasteiger partial charge in [-0.25, -0.2) is 4.79 Å². The van der Waals surface area contributed by atoms with Crippen LogP contribution in [0.25, 0.3) is 11.1 Å². The zero-order valence-corrected chi connectivity index (χ0v) is 20.6. The van der Waals surface area contributed by atoms with Gasteiger partial charge in [0.2, 0.25) is 5.91 Å². The quantitative estimate of drug-likeness (QED) is 0.510. The van der Waals surface area contributed by atoms with E-state index in [0.717, 1.165) is 28.7 Å². The molecule has 1 saturated carbocycles. The van der Waals surface area contributed by atoms with Crippen LogP contribution < -0.4 is 10.6 Å². The molecule has 0 aliphatic heterocycles. The summed E-state index contributed by atoms with van der Waals surface area (Å²) >= 11 is 0. The molecule has 1 unspecified atom stereocenters. The van der Waals surface area contributed by atoms with E-state index in [-0.39, 0.29) is 30.4 Å². The molecule has 2 aromatic rings. The fraction of sp³-hybridized carbons (Fsp3) is 0.464. The Morgan fingerprint density at radius 3 is 2.09 bits per heavy atom. The molecule has 0 spiro atoms. The van der Waals surface area contributed by atoms with Crippen LogP contribution in [0.15, 0.2) is 48.5 Å². The second-order valence-corrected chi connectivity index (χ2v) is 10.9. The van der Waals surface area contributed by atoms with Crippen molar-refractivity contribution in [1.29, 1.82) is 0 Å². The normalized spacial score (nSPS) is 16.9. The van der Waals surface area contributed by atoms with Gasteiger partial charge in [0.15, 0.2) is 0 Å². The van der Waals surface area contributed by atoms with Crippen LogP contribution in [0.1, 0.15) is 63.5 Å². The molecule has 0 heterocycles. The summed E-state index contributed by atoms with van der Waals surface area (Å²) in [6, 6.07) is 16.2. The monoisotopic (exact) mass is 478 g/mol. The van der Waals surface area contributed by atoms with E-state index < -0.39 is 23.5 Å². The Labute approximate surface area is 206 Å². The summed E-state index contributed by atoms with van der Waals surface area (Å²) in [7, 11) is 0. The average molecular weight is 479 g/mol. The lowest BCUT2D eigenvalue weighted by Gasteiger charge is -2.40. The molecule has 0 saturated heterocycles. The SMILES string of the molecule is CC(C)(C)CC(CNC(=O)C1(NC(=O)OCC2c3ccccc3-c3ccccc32)CCC1)C(=O)O. The van der Waals surface area contributed by atoms with E-state index in [0.29, 0.717) is 19.3 Å². The van der Waals surface area contributed by atoms with Crippen LogP contribution in [0.2, 0.25) is 0 Å². The topological polar surface area (TPSA) is 105 Å². The molecule has 186 valence electrons. The molecule has 2 aliphatic carbocycles. The highest BCUT2D eigenvalue weighted by atomic mass is 16.5. The summed E-state index contributed by atoms with van der Waals surface area (Å²) in [6.45, 7) is 6.11. The minimum atomic E-state index is -1.05. The van der Waals surface area contributed by atoms with E-state index in [9.17, 15) is 19.5 Å². The van der Waals surface area contributed by atoms with Gasteiger partial charge in [0.25, 0.3) is 0 Å². The number of ether oxygens (including phenoxy) is 1. The van der Waals surface area contributed by atoms with Crippen LogP contribution in [0.4, 0.5) is 4.79 Å². The molecule has 2 amide bonds. The highest BCUT2D eigenvalue weighted by Crippen LogP contribution is 2.44. The van der Waals surface area contributed by atoms with E-state index >= 15 is 0 Å². The van der Waals surface area contributed by atoms with Gasteiger partial charge < -0.3 is 20.5 Å². The van der Waals surface area contributed by atoms with Crippen molar-refractivity contribution < 1.29 is 24.2 Å². The van der Waals surface area contributed by atoms with Gasteiger partial charge in [-0.3, -0.25) is 9.59 Å². The lowest BCUT2D eigenvalue weighted by molar-refractivity contribution is -0.143. The van der Waals surface area contributed by atoms with Crippen molar-refractivity contribution in [3.05, 3.63) is 59.7 Å². The van der Waals surface area contributed by atoms with Crippen molar-refractivity contribution in [3.63, 3.8) is 0 Å². The first-order valence-corrected chi connectivity index (χ1v) is 12.2. The molecule has 3 N–H and O–H groups in total. The number of hydrogen-bond acceptors (Lipinski definition) is 4. The average Bonchev–Trinajstić information content (AvgIpc) is 3.10. The predicted molar refractivity (Wildman–Crippen MR) is 133 cm³/mol. The number of aliphatic carboxylic acids is 1. The van der Waals surface area contributed by atoms with Gasteiger partial charge in [-0.15, -0.1) is 0 Å². The summed E-state index contributed by atoms with van der Waals surface area (Å²) in [5.74, 6) is -2.04. The highest BCUT2D eigenvalue weighted by Gasteiger charge is 2.46. The minimum absolute atomic E-state index is 0.0273. The Morgan fingerprint density at radius 2 is 1.60 bits per heavy atom. The van der Waals surface area contributed by atoms with E-state index in [1.54, 1.807) is 0 Å². The molecule has 1 atom stereocenters. The Kier molecular flexibility index (Phi) is 6.88. The van der Waals surface area contributed by atoms with Gasteiger partial charge in [-0.1, -0.05) is 69.3 Å². The minimum Gasteiger partial charge on any atom is -0.481 e. The molecule has 35 heavy (non-hydrogen) atoms. The van der Waals surface area contributed by atoms with Gasteiger partial charge in [0.1, 0.15) is 12.1 Å². The summed E-state index contributed by atoms with van der Waals surface area (Å²) in [6.07, 6.45) is 1.61. The van der Waals surface area contributed by atoms with Crippen molar-refractivity contribution >= 4 is 18.0 Å². The van der Waals surface area contributed by atoms with Crippen LogP contribution in [0, 0.1) is 11.3 Å². The van der Waals surface area contributed by atoms with Crippen LogP contribution in [-0.4, -0.2) is 41.8 Å². The van der Waals surface area contributed by atoms with E-state index in [2.05, 4.69) is 34.9 Å². The standard InChI is InChI=1S/C28H34N2O5/c1-27(2,3)15-18(24(31)32)16-29-25(33)28(13-8-14-28)30-26(34)35-17-23-21-11-6-4-9-19(21)20-10-5-7-12-22(20)23/h4-7,9-12,18,23H,8,13-17H2,1-3H3,(H,29,33)(H,30,34)(H,31,32). The number of benzene rings is 2. The third-order valence-electron chi connectivity index (χ3n) is 7.04. The van der Waals surface area contributed by atoms with Gasteiger partial charge >= 0.3 is 12.1 Å². The van der Waals surface area contributed by atoms with Crippen molar-refractivity contribution in [3.8, 4) is 11.1 Å². The highest BCUT2D eigenvalue weighted by molar-refractivity contribution is 5.91. The van der Waals surface area contributed by atoms with E-state index in [1.165, 1.54) is 0 Å². The maximum atomic E-state index is 13.0. The first-order chi connectivity index (χ1) is 16.6. The van der Waals surface area contributed by atoms with Gasteiger partial charge in [-0.2, -0.15) is 0 Å². The molecule has 4 rings (SSSR count). The summed E-state index contributed by atoms with van der Waals surface area (Å²) in [4.78, 5) is 37.4. The maximum absolute atomic E-state index is 13.0. The lowest BCUT2D eigenvalue weighted by atomic mass is 9.76. The third-order valence-corrected chi connectivity index (χ3v) is 7.04. The molecular formula is C28H34N2O5. The largest absolute Gasteiger partial charge is 0.481 e. The van der Waals surface area contributed by atoms with Gasteiger partial charge in [0, 0.05) is 12.5 Å². The first kappa shape index (κ1) is 24.8. The number of alkyl carbamates (subject to hydrolysis) is 1. The zero-order chi connectivity index (χ0) is 25.2. The molecular weight excluding hydrogens is 444 g/mol. The van der Waals surface area contributed by atoms with Crippen LogP contribution in [0.5, 0.6) is 0 Å². The van der Waals surface area contributed by atoms with E-state index in [1.807, 2.05) is 45.0 Å². The van der Waals surface area contributed by atoms with Crippen molar-refractivity contribution in [2.24, 2.45) is 11.3 Å². The van der Waals surface area contributed by atoms with Gasteiger partial charge in [-0.05, 0) is 53.4 Å². The molecule has 1 fully saturated rings. The first-order valence-electron chi connectivity index (χ1n) is 12.2. The summed E-state index contributed by atoms with van der Waals surface area (Å²) in [5.41, 5.74) is 3.31. The van der Waals surface area contributed by atoms with Crippen molar-refractivity contribution in [2.75, 3.05) is 13.2 Å². The third kappa shape index (κ3) is 5.34. The van der Waals surface area contributed by atoms with Crippen LogP contribution in [-0.2, 0) is 14.3 Å². The second kappa shape index (κ2) is 9.72. The van der Waals surface area contributed by atoms with Crippen LogP contribution >= 0.6 is 0 Å². The zero-order valence-electron chi connectivity index (χ0n) is 20.6. The fourth-order valence-electron chi connectivity index (χ4n) is 5.14. The molecule has 2 aliphatic rings. The Bertz CT molecular complexity index is 1070. The Balaban J connectivity index is 1.37. The number of hydrogen-bond donors (Lipinski definition) is 3. The molecule has 7 nitrogen and oxygen atoms in total. The Hall–Kier alpha value is -3.35. The lowest BCUT2D eigenvalue weighted by Crippen LogP contribution is -2.63.